The Morgan fingerprint density at radius 1 is 1.28 bits per heavy atom. The summed E-state index contributed by atoms with van der Waals surface area (Å²) in [6.07, 6.45) is 0. The van der Waals surface area contributed by atoms with Crippen LogP contribution in [0.3, 0.4) is 0 Å². The topological polar surface area (TPSA) is 72.6 Å². The second-order valence-corrected chi connectivity index (χ2v) is 5.71. The largest absolute Gasteiger partial charge is 0.465 e. The Morgan fingerprint density at radius 3 is 2.11 bits per heavy atom. The molecule has 0 aromatic heterocycles. The second kappa shape index (κ2) is 6.73. The van der Waals surface area contributed by atoms with E-state index in [0.717, 1.165) is 0 Å². The Hall–Kier alpha value is -1.10. The van der Waals surface area contributed by atoms with Gasteiger partial charge >= 0.3 is 5.97 Å². The van der Waals surface area contributed by atoms with Crippen LogP contribution in [-0.2, 0) is 14.3 Å². The normalized spacial score (nSPS) is 13.3. The number of carbonyl (C=O) groups is 2. The molecule has 0 aromatic rings. The Labute approximate surface area is 110 Å². The SMILES string of the molecule is CCOC(=O)CN(C(=O)[C@@H](N)C(C)(C)C)C(C)C. The average Bonchev–Trinajstić information content (AvgIpc) is 2.22. The molecule has 2 N–H and O–H groups in total. The summed E-state index contributed by atoms with van der Waals surface area (Å²) in [6.45, 7) is 11.4. The van der Waals surface area contributed by atoms with Crippen molar-refractivity contribution in [2.45, 2.75) is 53.6 Å². The fourth-order valence-electron chi connectivity index (χ4n) is 1.41. The van der Waals surface area contributed by atoms with Crippen molar-refractivity contribution < 1.29 is 14.3 Å². The summed E-state index contributed by atoms with van der Waals surface area (Å²) in [5.41, 5.74) is 5.60. The molecule has 0 fully saturated rings. The Balaban J connectivity index is 4.81. The lowest BCUT2D eigenvalue weighted by Gasteiger charge is -2.33. The van der Waals surface area contributed by atoms with Crippen molar-refractivity contribution in [3.63, 3.8) is 0 Å². The lowest BCUT2D eigenvalue weighted by Crippen LogP contribution is -2.53. The molecule has 5 nitrogen and oxygen atoms in total. The number of hydrogen-bond acceptors (Lipinski definition) is 4. The highest BCUT2D eigenvalue weighted by Gasteiger charge is 2.33. The first-order chi connectivity index (χ1) is 8.11. The van der Waals surface area contributed by atoms with Gasteiger partial charge in [0, 0.05) is 6.04 Å². The molecule has 0 aliphatic heterocycles. The molecule has 1 atom stereocenters. The molecule has 0 rings (SSSR count). The van der Waals surface area contributed by atoms with Crippen molar-refractivity contribution in [3.8, 4) is 0 Å². The van der Waals surface area contributed by atoms with Gasteiger partial charge in [-0.2, -0.15) is 0 Å². The van der Waals surface area contributed by atoms with Crippen LogP contribution < -0.4 is 5.73 Å². The van der Waals surface area contributed by atoms with Crippen LogP contribution in [0.2, 0.25) is 0 Å². The van der Waals surface area contributed by atoms with Gasteiger partial charge in [0.05, 0.1) is 12.6 Å². The quantitative estimate of drug-likeness (QED) is 0.751. The minimum atomic E-state index is -0.630. The van der Waals surface area contributed by atoms with E-state index < -0.39 is 12.0 Å². The zero-order valence-corrected chi connectivity index (χ0v) is 12.3. The summed E-state index contributed by atoms with van der Waals surface area (Å²) < 4.78 is 4.86. The van der Waals surface area contributed by atoms with Gasteiger partial charge in [0.1, 0.15) is 6.54 Å². The lowest BCUT2D eigenvalue weighted by molar-refractivity contribution is -0.151. The molecule has 0 bridgehead atoms. The van der Waals surface area contributed by atoms with Crippen molar-refractivity contribution in [3.05, 3.63) is 0 Å². The van der Waals surface area contributed by atoms with Gasteiger partial charge in [0.25, 0.3) is 0 Å². The highest BCUT2D eigenvalue weighted by atomic mass is 16.5. The fourth-order valence-corrected chi connectivity index (χ4v) is 1.41. The Morgan fingerprint density at radius 2 is 1.78 bits per heavy atom. The number of carbonyl (C=O) groups excluding carboxylic acids is 2. The van der Waals surface area contributed by atoms with E-state index in [9.17, 15) is 9.59 Å². The predicted octanol–water partition coefficient (Wildman–Crippen LogP) is 1.16. The number of hydrogen-bond donors (Lipinski definition) is 1. The van der Waals surface area contributed by atoms with Gasteiger partial charge in [-0.15, -0.1) is 0 Å². The molecular weight excluding hydrogens is 232 g/mol. The smallest absolute Gasteiger partial charge is 0.325 e. The molecule has 1 amide bonds. The molecule has 18 heavy (non-hydrogen) atoms. The number of nitrogens with two attached hydrogens (primary N) is 1. The zero-order valence-electron chi connectivity index (χ0n) is 12.3. The zero-order chi connectivity index (χ0) is 14.5. The standard InChI is InChI=1S/C13H26N2O3/c1-7-18-10(16)8-15(9(2)3)12(17)11(14)13(4,5)6/h9,11H,7-8,14H2,1-6H3/t11-/m1/s1. The molecule has 0 heterocycles. The minimum absolute atomic E-state index is 0.0475. The number of esters is 1. The van der Waals surface area contributed by atoms with Crippen molar-refractivity contribution in [2.24, 2.45) is 11.1 Å². The maximum Gasteiger partial charge on any atom is 0.325 e. The van der Waals surface area contributed by atoms with Gasteiger partial charge in [-0.25, -0.2) is 0 Å². The van der Waals surface area contributed by atoms with Gasteiger partial charge in [-0.1, -0.05) is 20.8 Å². The van der Waals surface area contributed by atoms with Crippen molar-refractivity contribution in [2.75, 3.05) is 13.2 Å². The minimum Gasteiger partial charge on any atom is -0.465 e. The molecule has 0 aliphatic carbocycles. The van der Waals surface area contributed by atoms with Crippen molar-refractivity contribution in [1.29, 1.82) is 0 Å². The van der Waals surface area contributed by atoms with E-state index in [1.807, 2.05) is 34.6 Å². The van der Waals surface area contributed by atoms with Gasteiger partial charge in [0.15, 0.2) is 0 Å². The molecule has 0 saturated heterocycles. The summed E-state index contributed by atoms with van der Waals surface area (Å²) in [4.78, 5) is 25.2. The van der Waals surface area contributed by atoms with Gasteiger partial charge < -0.3 is 15.4 Å². The molecule has 0 unspecified atom stereocenters. The highest BCUT2D eigenvalue weighted by Crippen LogP contribution is 2.20. The summed E-state index contributed by atoms with van der Waals surface area (Å²) in [6, 6.07) is -0.718. The van der Waals surface area contributed by atoms with Gasteiger partial charge in [-0.05, 0) is 26.2 Å². The number of nitrogens with zero attached hydrogens (tertiary/aromatic N) is 1. The van der Waals surface area contributed by atoms with Crippen LogP contribution in [0.15, 0.2) is 0 Å². The second-order valence-electron chi connectivity index (χ2n) is 5.71. The molecule has 0 spiro atoms. The van der Waals surface area contributed by atoms with Crippen LogP contribution in [0.1, 0.15) is 41.5 Å². The summed E-state index contributed by atoms with van der Waals surface area (Å²) in [7, 11) is 0. The number of amides is 1. The van der Waals surface area contributed by atoms with Crippen molar-refractivity contribution >= 4 is 11.9 Å². The molecular formula is C13H26N2O3. The molecule has 106 valence electrons. The lowest BCUT2D eigenvalue weighted by atomic mass is 9.86. The summed E-state index contributed by atoms with van der Waals surface area (Å²) in [5.74, 6) is -0.619. The third kappa shape index (κ3) is 5.04. The molecule has 0 aliphatic rings. The third-order valence-corrected chi connectivity index (χ3v) is 2.71. The van der Waals surface area contributed by atoms with Crippen LogP contribution in [0.25, 0.3) is 0 Å². The first kappa shape index (κ1) is 16.9. The van der Waals surface area contributed by atoms with Gasteiger partial charge in [-0.3, -0.25) is 9.59 Å². The average molecular weight is 258 g/mol. The maximum absolute atomic E-state index is 12.3. The van der Waals surface area contributed by atoms with Crippen LogP contribution in [0.5, 0.6) is 0 Å². The highest BCUT2D eigenvalue weighted by molar-refractivity contribution is 5.86. The Bertz CT molecular complexity index is 295. The summed E-state index contributed by atoms with van der Waals surface area (Å²) >= 11 is 0. The first-order valence-electron chi connectivity index (χ1n) is 6.33. The Kier molecular flexibility index (Phi) is 6.32. The monoisotopic (exact) mass is 258 g/mol. The number of rotatable bonds is 5. The maximum atomic E-state index is 12.3. The van der Waals surface area contributed by atoms with E-state index in [2.05, 4.69) is 0 Å². The van der Waals surface area contributed by atoms with Crippen LogP contribution >= 0.6 is 0 Å². The summed E-state index contributed by atoms with van der Waals surface area (Å²) in [5, 5.41) is 0. The van der Waals surface area contributed by atoms with E-state index in [4.69, 9.17) is 10.5 Å². The fraction of sp³-hybridized carbons (Fsp3) is 0.846. The van der Waals surface area contributed by atoms with E-state index in [0.29, 0.717) is 6.61 Å². The molecule has 0 aromatic carbocycles. The third-order valence-electron chi connectivity index (χ3n) is 2.71. The molecule has 0 saturated carbocycles. The number of ether oxygens (including phenoxy) is 1. The van der Waals surface area contributed by atoms with Gasteiger partial charge in [0.2, 0.25) is 5.91 Å². The van der Waals surface area contributed by atoms with Crippen LogP contribution in [-0.4, -0.2) is 42.0 Å². The van der Waals surface area contributed by atoms with E-state index in [-0.39, 0.29) is 23.9 Å². The van der Waals surface area contributed by atoms with E-state index in [1.54, 1.807) is 6.92 Å². The molecule has 5 heteroatoms. The van der Waals surface area contributed by atoms with Crippen LogP contribution in [0, 0.1) is 5.41 Å². The van der Waals surface area contributed by atoms with Crippen LogP contribution in [0.4, 0.5) is 0 Å². The van der Waals surface area contributed by atoms with E-state index >= 15 is 0 Å². The van der Waals surface area contributed by atoms with Crippen molar-refractivity contribution in [1.82, 2.24) is 4.90 Å². The predicted molar refractivity (Wildman–Crippen MR) is 70.9 cm³/mol. The molecule has 0 radical (unpaired) electrons. The van der Waals surface area contributed by atoms with E-state index in [1.165, 1.54) is 4.90 Å². The first-order valence-corrected chi connectivity index (χ1v) is 6.33.